The fourth-order valence-electron chi connectivity index (χ4n) is 1.31. The van der Waals surface area contributed by atoms with E-state index in [1.165, 1.54) is 0 Å². The number of unbranched alkanes of at least 4 members (excludes halogenated alkanes) is 1. The molecule has 0 aliphatic carbocycles. The van der Waals surface area contributed by atoms with Crippen molar-refractivity contribution in [2.45, 2.75) is 39.2 Å². The Morgan fingerprint density at radius 1 is 1.47 bits per heavy atom. The molecule has 0 saturated carbocycles. The topological polar surface area (TPSA) is 49.8 Å². The van der Waals surface area contributed by atoms with Crippen LogP contribution in [0, 0.1) is 0 Å². The molecule has 0 radical (unpaired) electrons. The van der Waals surface area contributed by atoms with Gasteiger partial charge in [0.15, 0.2) is 0 Å². The molecule has 0 heterocycles. The highest BCUT2D eigenvalue weighted by molar-refractivity contribution is 5.71. The third kappa shape index (κ3) is 9.69. The molecule has 0 fully saturated rings. The van der Waals surface area contributed by atoms with E-state index in [1.807, 2.05) is 6.92 Å². The summed E-state index contributed by atoms with van der Waals surface area (Å²) in [5, 5.41) is 9.52. The van der Waals surface area contributed by atoms with Crippen LogP contribution in [0.3, 0.4) is 0 Å². The van der Waals surface area contributed by atoms with Gasteiger partial charge in [-0.3, -0.25) is 9.69 Å². The van der Waals surface area contributed by atoms with Crippen molar-refractivity contribution < 1.29 is 14.6 Å². The van der Waals surface area contributed by atoms with Gasteiger partial charge in [-0.25, -0.2) is 0 Å². The van der Waals surface area contributed by atoms with Gasteiger partial charge in [0, 0.05) is 6.54 Å². The summed E-state index contributed by atoms with van der Waals surface area (Å²) in [7, 11) is 1.79. The summed E-state index contributed by atoms with van der Waals surface area (Å²) < 4.78 is 5.01. The van der Waals surface area contributed by atoms with E-state index in [0.29, 0.717) is 13.2 Å². The SMILES string of the molecule is CCCCOC(=O)CN(C)CC(C)(C)O. The Morgan fingerprint density at radius 2 is 2.07 bits per heavy atom. The lowest BCUT2D eigenvalue weighted by molar-refractivity contribution is -0.145. The second-order valence-electron chi connectivity index (χ2n) is 4.56. The van der Waals surface area contributed by atoms with Gasteiger partial charge in [0.25, 0.3) is 0 Å². The monoisotopic (exact) mass is 217 g/mol. The minimum atomic E-state index is -0.779. The van der Waals surface area contributed by atoms with Crippen LogP contribution in [0.4, 0.5) is 0 Å². The second-order valence-corrected chi connectivity index (χ2v) is 4.56. The molecule has 0 amide bonds. The van der Waals surface area contributed by atoms with Gasteiger partial charge in [-0.15, -0.1) is 0 Å². The van der Waals surface area contributed by atoms with Gasteiger partial charge in [-0.1, -0.05) is 13.3 Å². The quantitative estimate of drug-likeness (QED) is 0.511. The Balaban J connectivity index is 3.67. The molecule has 0 aromatic heterocycles. The van der Waals surface area contributed by atoms with Crippen LogP contribution >= 0.6 is 0 Å². The first kappa shape index (κ1) is 14.4. The molecule has 15 heavy (non-hydrogen) atoms. The van der Waals surface area contributed by atoms with Gasteiger partial charge in [0.2, 0.25) is 0 Å². The lowest BCUT2D eigenvalue weighted by Gasteiger charge is -2.24. The largest absolute Gasteiger partial charge is 0.465 e. The molecule has 0 rings (SSSR count). The number of ether oxygens (including phenoxy) is 1. The summed E-state index contributed by atoms with van der Waals surface area (Å²) in [6.07, 6.45) is 1.92. The maximum atomic E-state index is 11.3. The average molecular weight is 217 g/mol. The van der Waals surface area contributed by atoms with Gasteiger partial charge in [-0.2, -0.15) is 0 Å². The third-order valence-electron chi connectivity index (χ3n) is 1.82. The maximum absolute atomic E-state index is 11.3. The summed E-state index contributed by atoms with van der Waals surface area (Å²) in [5.74, 6) is -0.227. The summed E-state index contributed by atoms with van der Waals surface area (Å²) in [6.45, 7) is 6.65. The molecular formula is C11H23NO3. The normalized spacial score (nSPS) is 11.9. The molecule has 4 heteroatoms. The Bertz CT molecular complexity index is 187. The smallest absolute Gasteiger partial charge is 0.320 e. The third-order valence-corrected chi connectivity index (χ3v) is 1.82. The van der Waals surface area contributed by atoms with E-state index in [4.69, 9.17) is 4.74 Å². The van der Waals surface area contributed by atoms with Crippen molar-refractivity contribution in [3.63, 3.8) is 0 Å². The van der Waals surface area contributed by atoms with Crippen LogP contribution in [0.25, 0.3) is 0 Å². The Hall–Kier alpha value is -0.610. The van der Waals surface area contributed by atoms with Crippen LogP contribution in [0.5, 0.6) is 0 Å². The molecule has 0 bridgehead atoms. The number of carbonyl (C=O) groups is 1. The number of rotatable bonds is 7. The molecular weight excluding hydrogens is 194 g/mol. The van der Waals surface area contributed by atoms with E-state index in [1.54, 1.807) is 25.8 Å². The minimum absolute atomic E-state index is 0.227. The Labute approximate surface area is 92.2 Å². The van der Waals surface area contributed by atoms with Crippen molar-refractivity contribution in [3.8, 4) is 0 Å². The molecule has 4 nitrogen and oxygen atoms in total. The molecule has 0 saturated heterocycles. The van der Waals surface area contributed by atoms with Gasteiger partial charge in [0.1, 0.15) is 0 Å². The molecule has 0 aromatic carbocycles. The summed E-state index contributed by atoms with van der Waals surface area (Å²) in [4.78, 5) is 13.0. The highest BCUT2D eigenvalue weighted by atomic mass is 16.5. The lowest BCUT2D eigenvalue weighted by atomic mass is 10.1. The van der Waals surface area contributed by atoms with Crippen molar-refractivity contribution in [3.05, 3.63) is 0 Å². The fraction of sp³-hybridized carbons (Fsp3) is 0.909. The number of aliphatic hydroxyl groups is 1. The van der Waals surface area contributed by atoms with Gasteiger partial charge in [0.05, 0.1) is 18.8 Å². The first-order valence-electron chi connectivity index (χ1n) is 5.41. The number of hydrogen-bond donors (Lipinski definition) is 1. The highest BCUT2D eigenvalue weighted by Gasteiger charge is 2.17. The standard InChI is InChI=1S/C11H23NO3/c1-5-6-7-15-10(13)8-12(4)9-11(2,3)14/h14H,5-9H2,1-4H3. The van der Waals surface area contributed by atoms with E-state index in [0.717, 1.165) is 12.8 Å². The molecule has 90 valence electrons. The Morgan fingerprint density at radius 3 is 2.53 bits per heavy atom. The van der Waals surface area contributed by atoms with E-state index < -0.39 is 5.60 Å². The van der Waals surface area contributed by atoms with Gasteiger partial charge < -0.3 is 9.84 Å². The van der Waals surface area contributed by atoms with Crippen LogP contribution in [0.15, 0.2) is 0 Å². The molecule has 0 unspecified atom stereocenters. The van der Waals surface area contributed by atoms with Gasteiger partial charge in [-0.05, 0) is 27.3 Å². The van der Waals surface area contributed by atoms with E-state index in [9.17, 15) is 9.90 Å². The molecule has 0 atom stereocenters. The maximum Gasteiger partial charge on any atom is 0.320 e. The number of hydrogen-bond acceptors (Lipinski definition) is 4. The fourth-order valence-corrected chi connectivity index (χ4v) is 1.31. The van der Waals surface area contributed by atoms with Crippen LogP contribution in [-0.2, 0) is 9.53 Å². The Kier molecular flexibility index (Phi) is 6.52. The van der Waals surface area contributed by atoms with E-state index in [2.05, 4.69) is 0 Å². The lowest BCUT2D eigenvalue weighted by Crippen LogP contribution is -2.39. The summed E-state index contributed by atoms with van der Waals surface area (Å²) in [6, 6.07) is 0. The first-order chi connectivity index (χ1) is 6.85. The summed E-state index contributed by atoms with van der Waals surface area (Å²) in [5.41, 5.74) is -0.779. The predicted octanol–water partition coefficient (Wildman–Crippen LogP) is 1.03. The zero-order chi connectivity index (χ0) is 11.9. The number of nitrogens with zero attached hydrogens (tertiary/aromatic N) is 1. The minimum Gasteiger partial charge on any atom is -0.465 e. The average Bonchev–Trinajstić information content (AvgIpc) is 2.00. The number of carbonyl (C=O) groups excluding carboxylic acids is 1. The van der Waals surface area contributed by atoms with Crippen LogP contribution < -0.4 is 0 Å². The van der Waals surface area contributed by atoms with Crippen LogP contribution in [0.2, 0.25) is 0 Å². The summed E-state index contributed by atoms with van der Waals surface area (Å²) >= 11 is 0. The van der Waals surface area contributed by atoms with Crippen molar-refractivity contribution in [2.24, 2.45) is 0 Å². The van der Waals surface area contributed by atoms with Crippen LogP contribution in [-0.4, -0.2) is 48.3 Å². The van der Waals surface area contributed by atoms with Gasteiger partial charge >= 0.3 is 5.97 Å². The van der Waals surface area contributed by atoms with E-state index >= 15 is 0 Å². The molecule has 0 aliphatic heterocycles. The second kappa shape index (κ2) is 6.80. The molecule has 0 spiro atoms. The van der Waals surface area contributed by atoms with Crippen molar-refractivity contribution in [1.82, 2.24) is 4.90 Å². The zero-order valence-electron chi connectivity index (χ0n) is 10.2. The van der Waals surface area contributed by atoms with Crippen LogP contribution in [0.1, 0.15) is 33.6 Å². The zero-order valence-corrected chi connectivity index (χ0v) is 10.2. The van der Waals surface area contributed by atoms with E-state index in [-0.39, 0.29) is 12.5 Å². The number of likely N-dealkylation sites (N-methyl/N-ethyl adjacent to an activating group) is 1. The van der Waals surface area contributed by atoms with Crippen molar-refractivity contribution in [2.75, 3.05) is 26.7 Å². The predicted molar refractivity (Wildman–Crippen MR) is 59.7 cm³/mol. The van der Waals surface area contributed by atoms with Crippen molar-refractivity contribution >= 4 is 5.97 Å². The molecule has 1 N–H and O–H groups in total. The number of esters is 1. The van der Waals surface area contributed by atoms with Crippen molar-refractivity contribution in [1.29, 1.82) is 0 Å². The molecule has 0 aliphatic rings. The highest BCUT2D eigenvalue weighted by Crippen LogP contribution is 2.02. The molecule has 0 aromatic rings. The first-order valence-corrected chi connectivity index (χ1v) is 5.41.